The van der Waals surface area contributed by atoms with Crippen molar-refractivity contribution in [2.75, 3.05) is 7.11 Å². The van der Waals surface area contributed by atoms with Crippen LogP contribution in [0.15, 0.2) is 52.9 Å². The molecule has 0 unspecified atom stereocenters. The minimum atomic E-state index is 0.473. The van der Waals surface area contributed by atoms with Crippen LogP contribution < -0.4 is 4.74 Å². The first kappa shape index (κ1) is 11.9. The summed E-state index contributed by atoms with van der Waals surface area (Å²) in [5.74, 6) is 1.18. The van der Waals surface area contributed by atoms with Gasteiger partial charge in [0.15, 0.2) is 0 Å². The molecule has 0 radical (unpaired) electrons. The van der Waals surface area contributed by atoms with Crippen molar-refractivity contribution in [3.63, 3.8) is 0 Å². The summed E-state index contributed by atoms with van der Waals surface area (Å²) in [7, 11) is 1.62. The Morgan fingerprint density at radius 1 is 1.05 bits per heavy atom. The molecule has 0 bridgehead atoms. The maximum atomic E-state index is 5.81. The molecule has 94 valence electrons. The van der Waals surface area contributed by atoms with Gasteiger partial charge in [-0.1, -0.05) is 36.5 Å². The number of ether oxygens (including phenoxy) is 1. The van der Waals surface area contributed by atoms with Crippen molar-refractivity contribution in [2.24, 2.45) is 0 Å². The van der Waals surface area contributed by atoms with Crippen LogP contribution in [-0.4, -0.2) is 12.1 Å². The van der Waals surface area contributed by atoms with E-state index in [0.717, 1.165) is 16.5 Å². The SMILES string of the molecule is COc1ccccc1-c1nc(=S)c2ccccc2o1. The minimum absolute atomic E-state index is 0.473. The van der Waals surface area contributed by atoms with Crippen molar-refractivity contribution < 1.29 is 9.15 Å². The van der Waals surface area contributed by atoms with Crippen LogP contribution in [-0.2, 0) is 0 Å². The van der Waals surface area contributed by atoms with E-state index < -0.39 is 0 Å². The highest BCUT2D eigenvalue weighted by molar-refractivity contribution is 7.71. The lowest BCUT2D eigenvalue weighted by Crippen LogP contribution is -1.90. The Labute approximate surface area is 115 Å². The van der Waals surface area contributed by atoms with E-state index in [9.17, 15) is 0 Å². The number of para-hydroxylation sites is 2. The maximum absolute atomic E-state index is 5.81. The fourth-order valence-corrected chi connectivity index (χ4v) is 2.20. The molecule has 3 rings (SSSR count). The van der Waals surface area contributed by atoms with Gasteiger partial charge in [-0.05, 0) is 24.3 Å². The first-order valence-corrected chi connectivity index (χ1v) is 6.23. The van der Waals surface area contributed by atoms with Gasteiger partial charge in [0, 0.05) is 0 Å². The molecule has 2 aromatic carbocycles. The molecule has 4 heteroatoms. The summed E-state index contributed by atoms with van der Waals surface area (Å²) in [4.78, 5) is 4.35. The van der Waals surface area contributed by atoms with Crippen molar-refractivity contribution in [3.05, 3.63) is 53.2 Å². The number of nitrogens with zero attached hydrogens (tertiary/aromatic N) is 1. The van der Waals surface area contributed by atoms with Crippen molar-refractivity contribution in [2.45, 2.75) is 0 Å². The van der Waals surface area contributed by atoms with Gasteiger partial charge in [0.2, 0.25) is 5.89 Å². The van der Waals surface area contributed by atoms with Crippen LogP contribution in [0, 0.1) is 4.64 Å². The van der Waals surface area contributed by atoms with E-state index in [4.69, 9.17) is 21.4 Å². The fourth-order valence-electron chi connectivity index (χ4n) is 1.95. The lowest BCUT2D eigenvalue weighted by Gasteiger charge is -2.07. The van der Waals surface area contributed by atoms with Crippen LogP contribution in [0.5, 0.6) is 5.75 Å². The van der Waals surface area contributed by atoms with Crippen molar-refractivity contribution in [1.82, 2.24) is 4.98 Å². The molecule has 1 heterocycles. The largest absolute Gasteiger partial charge is 0.496 e. The molecule has 0 atom stereocenters. The highest BCUT2D eigenvalue weighted by Gasteiger charge is 2.10. The number of aromatic nitrogens is 1. The zero-order chi connectivity index (χ0) is 13.2. The summed E-state index contributed by atoms with van der Waals surface area (Å²) in [6.07, 6.45) is 0. The highest BCUT2D eigenvalue weighted by atomic mass is 32.1. The molecule has 19 heavy (non-hydrogen) atoms. The van der Waals surface area contributed by atoms with Crippen molar-refractivity contribution in [1.29, 1.82) is 0 Å². The van der Waals surface area contributed by atoms with Gasteiger partial charge >= 0.3 is 0 Å². The second-order valence-electron chi connectivity index (χ2n) is 4.02. The third-order valence-corrected chi connectivity index (χ3v) is 3.18. The molecule has 0 N–H and O–H groups in total. The summed E-state index contributed by atoms with van der Waals surface area (Å²) < 4.78 is 11.7. The molecule has 0 spiro atoms. The van der Waals surface area contributed by atoms with Crippen LogP contribution in [0.3, 0.4) is 0 Å². The Balaban J connectivity index is 2.29. The monoisotopic (exact) mass is 269 g/mol. The van der Waals surface area contributed by atoms with E-state index >= 15 is 0 Å². The first-order chi connectivity index (χ1) is 9.29. The van der Waals surface area contributed by atoms with Crippen LogP contribution in [0.25, 0.3) is 22.4 Å². The molecule has 3 aromatic rings. The second-order valence-corrected chi connectivity index (χ2v) is 4.41. The normalized spacial score (nSPS) is 10.6. The van der Waals surface area contributed by atoms with E-state index in [1.54, 1.807) is 7.11 Å². The number of fused-ring (bicyclic) bond motifs is 1. The Kier molecular flexibility index (Phi) is 3.01. The van der Waals surface area contributed by atoms with Crippen LogP contribution in [0.4, 0.5) is 0 Å². The average Bonchev–Trinajstić information content (AvgIpc) is 2.47. The molecule has 0 aliphatic rings. The minimum Gasteiger partial charge on any atom is -0.496 e. The first-order valence-electron chi connectivity index (χ1n) is 5.83. The van der Waals surface area contributed by atoms with Gasteiger partial charge in [-0.25, -0.2) is 4.98 Å². The summed E-state index contributed by atoms with van der Waals surface area (Å²) >= 11 is 5.31. The number of rotatable bonds is 2. The molecule has 0 fully saturated rings. The third kappa shape index (κ3) is 2.11. The Bertz CT molecular complexity index is 795. The molecule has 0 aliphatic heterocycles. The summed E-state index contributed by atoms with van der Waals surface area (Å²) in [6, 6.07) is 15.2. The highest BCUT2D eigenvalue weighted by Crippen LogP contribution is 2.30. The molecule has 1 aromatic heterocycles. The summed E-state index contributed by atoms with van der Waals surface area (Å²) in [5, 5.41) is 0.844. The molecule has 0 saturated carbocycles. The molecule has 3 nitrogen and oxygen atoms in total. The quantitative estimate of drug-likeness (QED) is 0.652. The van der Waals surface area contributed by atoms with Crippen LogP contribution in [0.2, 0.25) is 0 Å². The zero-order valence-electron chi connectivity index (χ0n) is 10.3. The van der Waals surface area contributed by atoms with E-state index in [1.807, 2.05) is 48.5 Å². The summed E-state index contributed by atoms with van der Waals surface area (Å²) in [5.41, 5.74) is 1.52. The zero-order valence-corrected chi connectivity index (χ0v) is 11.1. The van der Waals surface area contributed by atoms with Gasteiger partial charge < -0.3 is 9.15 Å². The van der Waals surface area contributed by atoms with Gasteiger partial charge in [-0.15, -0.1) is 0 Å². The van der Waals surface area contributed by atoms with E-state index in [2.05, 4.69) is 4.98 Å². The number of hydrogen-bond acceptors (Lipinski definition) is 4. The Morgan fingerprint density at radius 2 is 1.79 bits per heavy atom. The number of benzene rings is 2. The maximum Gasteiger partial charge on any atom is 0.231 e. The number of hydrogen-bond donors (Lipinski definition) is 0. The predicted octanol–water partition coefficient (Wildman–Crippen LogP) is 4.23. The average molecular weight is 269 g/mol. The standard InChI is InChI=1S/C15H11NO2S/c1-17-12-8-4-2-6-10(12)14-16-15(19)11-7-3-5-9-13(11)18-14/h2-9H,1H3. The van der Waals surface area contributed by atoms with Gasteiger partial charge in [-0.2, -0.15) is 0 Å². The lowest BCUT2D eigenvalue weighted by molar-refractivity contribution is 0.414. The van der Waals surface area contributed by atoms with Gasteiger partial charge in [0.25, 0.3) is 0 Å². The predicted molar refractivity (Wildman–Crippen MR) is 76.8 cm³/mol. The van der Waals surface area contributed by atoms with Gasteiger partial charge in [-0.3, -0.25) is 0 Å². The van der Waals surface area contributed by atoms with E-state index in [1.165, 1.54) is 0 Å². The van der Waals surface area contributed by atoms with E-state index in [-0.39, 0.29) is 0 Å². The second kappa shape index (κ2) is 4.82. The Morgan fingerprint density at radius 3 is 2.63 bits per heavy atom. The van der Waals surface area contributed by atoms with Crippen molar-refractivity contribution in [3.8, 4) is 17.2 Å². The van der Waals surface area contributed by atoms with Gasteiger partial charge in [0.05, 0.1) is 18.1 Å². The van der Waals surface area contributed by atoms with Gasteiger partial charge in [0.1, 0.15) is 16.0 Å². The molecular weight excluding hydrogens is 258 g/mol. The molecule has 0 aliphatic carbocycles. The van der Waals surface area contributed by atoms with Crippen molar-refractivity contribution >= 4 is 23.2 Å². The van der Waals surface area contributed by atoms with Crippen LogP contribution >= 0.6 is 12.2 Å². The third-order valence-electron chi connectivity index (χ3n) is 2.86. The topological polar surface area (TPSA) is 35.3 Å². The van der Waals surface area contributed by atoms with Crippen LogP contribution in [0.1, 0.15) is 0 Å². The fraction of sp³-hybridized carbons (Fsp3) is 0.0667. The Hall–Kier alpha value is -2.20. The molecular formula is C15H11NO2S. The smallest absolute Gasteiger partial charge is 0.231 e. The van der Waals surface area contributed by atoms with E-state index in [0.29, 0.717) is 16.3 Å². The molecule has 0 amide bonds. The lowest BCUT2D eigenvalue weighted by atomic mass is 10.2. The summed E-state index contributed by atoms with van der Waals surface area (Å²) in [6.45, 7) is 0. The number of methoxy groups -OCH3 is 1. The molecule has 0 saturated heterocycles.